The maximum Gasteiger partial charge on any atom is 0.150 e. The number of quaternary nitrogens is 1. The first kappa shape index (κ1) is 65.3. The SMILES string of the molecule is CC1(C)CC[Si](C)(C)N1Cc1cccc(Br)c1.CCCC(CC)c1ccccc1.CCC[CH2][Sn]([CH2]CC)([CH2]CCC)[c]1cccc(C[NH3+])c1.C[Si](C)(Cl)CC[Si](C)(C)Cl.Cc1cccc(CN)c1. The first-order valence-electron chi connectivity index (χ1n) is 26.5. The number of benzene rings is 4. The standard InChI is InChI=1S/C14H22BrNSi.C12H18.C8H11N.C7H8N.C6H16Cl2Si2.2C4H9.C3H7.Sn/c1-14(2)8-9-17(3,4)16(14)11-12-6-5-7-13(15)10-12;1-3-8-11(4-2)12-9-6-5-7-10-12;1-7-3-2-4-8(5-7)6-9;8-6-7-4-2-1-3-5-7;1-9(2,7)5-6-10(3,4)8;2*1-3-4-2;1-3-2;/h5-7,10H,8-9,11H2,1-4H3;5-7,9-11H,3-4,8H2,1-2H3;2-5H,6,9H2,1H3;1-2,4-5H,6,8H2;5-6H2,1-4H3;2*1,3-4H2,2H3;1,3H2,2H3;/p+1. The van der Waals surface area contributed by atoms with E-state index in [1.807, 2.05) is 12.1 Å². The van der Waals surface area contributed by atoms with Crippen molar-refractivity contribution in [3.05, 3.63) is 135 Å². The van der Waals surface area contributed by atoms with Crippen LogP contribution in [0, 0.1) is 6.92 Å². The molecule has 384 valence electrons. The van der Waals surface area contributed by atoms with Crippen LogP contribution in [0.2, 0.25) is 70.7 Å². The summed E-state index contributed by atoms with van der Waals surface area (Å²) in [5, 5.41) is 0. The molecule has 5 N–H and O–H groups in total. The smallest absolute Gasteiger partial charge is 0.150 e. The topological polar surface area (TPSA) is 56.9 Å². The van der Waals surface area contributed by atoms with Gasteiger partial charge in [0.1, 0.15) is 23.0 Å². The zero-order chi connectivity index (χ0) is 51.4. The Morgan fingerprint density at radius 3 is 1.72 bits per heavy atom. The molecular weight excluding hydrogens is 1090 g/mol. The molecule has 4 aromatic carbocycles. The van der Waals surface area contributed by atoms with Crippen molar-refractivity contribution in [3.8, 4) is 0 Å². The molecule has 0 amide bonds. The number of rotatable bonds is 20. The summed E-state index contributed by atoms with van der Waals surface area (Å²) in [7, 11) is -3.88. The summed E-state index contributed by atoms with van der Waals surface area (Å²) in [5.41, 5.74) is 16.7. The van der Waals surface area contributed by atoms with Crippen LogP contribution in [0.4, 0.5) is 0 Å². The number of aryl methyl sites for hydroxylation is 1. The predicted molar refractivity (Wildman–Crippen MR) is 323 cm³/mol. The Morgan fingerprint density at radius 1 is 0.721 bits per heavy atom. The summed E-state index contributed by atoms with van der Waals surface area (Å²) in [6.45, 7) is 34.8. The van der Waals surface area contributed by atoms with Gasteiger partial charge in [-0.15, -0.1) is 0 Å². The normalized spacial score (nSPS) is 14.8. The van der Waals surface area contributed by atoms with Gasteiger partial charge in [-0.1, -0.05) is 148 Å². The van der Waals surface area contributed by atoms with Crippen LogP contribution in [0.25, 0.3) is 0 Å². The third-order valence-electron chi connectivity index (χ3n) is 13.6. The van der Waals surface area contributed by atoms with Gasteiger partial charge in [-0.05, 0) is 92.9 Å². The molecule has 0 bridgehead atoms. The first-order chi connectivity index (χ1) is 31.9. The third kappa shape index (κ3) is 26.8. The molecule has 1 atom stereocenters. The van der Waals surface area contributed by atoms with Crippen molar-refractivity contribution >= 4 is 83.0 Å². The van der Waals surface area contributed by atoms with E-state index < -0.39 is 41.4 Å². The molecule has 0 saturated carbocycles. The molecule has 0 spiro atoms. The van der Waals surface area contributed by atoms with E-state index in [1.54, 1.807) is 12.5 Å². The van der Waals surface area contributed by atoms with E-state index in [9.17, 15) is 0 Å². The second-order valence-corrected chi connectivity index (χ2v) is 54.8. The molecule has 1 aliphatic rings. The fourth-order valence-electron chi connectivity index (χ4n) is 9.43. The molecule has 5 rings (SSSR count). The van der Waals surface area contributed by atoms with Crippen LogP contribution in [0.15, 0.2) is 108 Å². The van der Waals surface area contributed by atoms with E-state index in [-0.39, 0.29) is 0 Å². The summed E-state index contributed by atoms with van der Waals surface area (Å²) in [5.74, 6) is 0.774. The Morgan fingerprint density at radius 2 is 1.28 bits per heavy atom. The summed E-state index contributed by atoms with van der Waals surface area (Å²) in [6, 6.07) is 41.0. The number of nitrogens with two attached hydrogens (primary N) is 1. The number of hydrogen-bond donors (Lipinski definition) is 2. The van der Waals surface area contributed by atoms with Gasteiger partial charge in [-0.25, -0.2) is 0 Å². The van der Waals surface area contributed by atoms with Crippen LogP contribution in [0.5, 0.6) is 0 Å². The molecule has 0 aliphatic carbocycles. The van der Waals surface area contributed by atoms with Gasteiger partial charge in [-0.3, -0.25) is 0 Å². The van der Waals surface area contributed by atoms with E-state index in [1.165, 1.54) is 101 Å². The molecular formula is C58H101BrCl2N3Si3Sn+. The minimum Gasteiger partial charge on any atom is -0.326 e. The first-order valence-corrected chi connectivity index (χ1v) is 46.4. The van der Waals surface area contributed by atoms with Gasteiger partial charge >= 0.3 is 130 Å². The number of nitrogens with zero attached hydrogens (tertiary/aromatic N) is 1. The molecule has 68 heavy (non-hydrogen) atoms. The number of halogens is 3. The van der Waals surface area contributed by atoms with Crippen molar-refractivity contribution in [1.82, 2.24) is 4.57 Å². The number of unbranched alkanes of at least 4 members (excludes halogenated alkanes) is 2. The molecule has 0 aromatic heterocycles. The molecule has 3 nitrogen and oxygen atoms in total. The monoisotopic (exact) mass is 1190 g/mol. The zero-order valence-electron chi connectivity index (χ0n) is 46.0. The Bertz CT molecular complexity index is 1880. The van der Waals surface area contributed by atoms with Crippen molar-refractivity contribution in [3.63, 3.8) is 0 Å². The van der Waals surface area contributed by atoms with E-state index in [0.29, 0.717) is 12.1 Å². The molecule has 1 unspecified atom stereocenters. The average molecular weight is 1190 g/mol. The Labute approximate surface area is 445 Å². The van der Waals surface area contributed by atoms with Gasteiger partial charge in [-0.2, -0.15) is 22.2 Å². The van der Waals surface area contributed by atoms with Gasteiger partial charge in [0.15, 0.2) is 0 Å². The molecule has 4 aromatic rings. The zero-order valence-corrected chi connectivity index (χ0v) is 54.9. The van der Waals surface area contributed by atoms with E-state index in [0.717, 1.165) is 31.1 Å². The minimum atomic E-state index is -2.16. The van der Waals surface area contributed by atoms with Crippen LogP contribution in [0.3, 0.4) is 0 Å². The second kappa shape index (κ2) is 33.9. The van der Waals surface area contributed by atoms with Crippen LogP contribution < -0.4 is 15.0 Å². The average Bonchev–Trinajstić information content (AvgIpc) is 3.51. The molecule has 10 heteroatoms. The molecule has 1 fully saturated rings. The quantitative estimate of drug-likeness (QED) is 0.0684. The number of hydrogen-bond acceptors (Lipinski definition) is 2. The van der Waals surface area contributed by atoms with Gasteiger partial charge in [0.2, 0.25) is 0 Å². The summed E-state index contributed by atoms with van der Waals surface area (Å²) in [4.78, 5) is 0. The van der Waals surface area contributed by atoms with Crippen LogP contribution in [-0.2, 0) is 19.6 Å². The van der Waals surface area contributed by atoms with Crippen LogP contribution in [-0.4, -0.2) is 51.5 Å². The Hall–Kier alpha value is -0.731. The molecule has 1 heterocycles. The van der Waals surface area contributed by atoms with E-state index in [2.05, 4.69) is 212 Å². The van der Waals surface area contributed by atoms with Crippen molar-refractivity contribution in [2.24, 2.45) is 5.73 Å². The van der Waals surface area contributed by atoms with Gasteiger partial charge in [0.25, 0.3) is 0 Å². The maximum absolute atomic E-state index is 6.14. The second-order valence-electron chi connectivity index (χ2n) is 22.0. The van der Waals surface area contributed by atoms with Gasteiger partial charge < -0.3 is 10.3 Å². The van der Waals surface area contributed by atoms with E-state index >= 15 is 0 Å². The van der Waals surface area contributed by atoms with Crippen molar-refractivity contribution in [2.75, 3.05) is 0 Å². The predicted octanol–water partition coefficient (Wildman–Crippen LogP) is 18.0. The van der Waals surface area contributed by atoms with Crippen LogP contribution in [0.1, 0.15) is 140 Å². The Kier molecular flexibility index (Phi) is 32.5. The van der Waals surface area contributed by atoms with Gasteiger partial charge in [0, 0.05) is 23.1 Å². The Balaban J connectivity index is 0.000000439. The fourth-order valence-corrected chi connectivity index (χ4v) is 36.1. The van der Waals surface area contributed by atoms with Gasteiger partial charge in [0.05, 0.1) is 0 Å². The molecule has 1 saturated heterocycles. The minimum absolute atomic E-state index is 0.373. The molecule has 1 aliphatic heterocycles. The van der Waals surface area contributed by atoms with Crippen molar-refractivity contribution in [2.45, 2.75) is 215 Å². The van der Waals surface area contributed by atoms with E-state index in [4.69, 9.17) is 27.9 Å². The molecule has 0 radical (unpaired) electrons. The van der Waals surface area contributed by atoms with Crippen molar-refractivity contribution in [1.29, 1.82) is 0 Å². The summed E-state index contributed by atoms with van der Waals surface area (Å²) >= 11 is 13.7. The van der Waals surface area contributed by atoms with Crippen molar-refractivity contribution < 1.29 is 5.73 Å². The third-order valence-corrected chi connectivity index (χ3v) is 38.4. The van der Waals surface area contributed by atoms with Crippen LogP contribution >= 0.6 is 38.1 Å². The maximum atomic E-state index is 6.14. The summed E-state index contributed by atoms with van der Waals surface area (Å²) in [6.07, 6.45) is 12.2. The summed E-state index contributed by atoms with van der Waals surface area (Å²) < 4.78 is 10.4. The largest absolute Gasteiger partial charge is 0.326 e. The fraction of sp³-hybridized carbons (Fsp3) is 0.586.